The van der Waals surface area contributed by atoms with E-state index in [1.807, 2.05) is 19.0 Å². The van der Waals surface area contributed by atoms with E-state index >= 15 is 0 Å². The van der Waals surface area contributed by atoms with Gasteiger partial charge in [-0.1, -0.05) is 0 Å². The van der Waals surface area contributed by atoms with Crippen molar-refractivity contribution in [2.75, 3.05) is 25.5 Å². The number of anilines is 1. The van der Waals surface area contributed by atoms with Crippen LogP contribution in [0.3, 0.4) is 0 Å². The van der Waals surface area contributed by atoms with Crippen LogP contribution >= 0.6 is 0 Å². The first-order valence-corrected chi connectivity index (χ1v) is 5.51. The predicted molar refractivity (Wildman–Crippen MR) is 61.3 cm³/mol. The second kappa shape index (κ2) is 4.22. The minimum Gasteiger partial charge on any atom is -0.370 e. The van der Waals surface area contributed by atoms with Crippen LogP contribution in [-0.4, -0.2) is 26.7 Å². The van der Waals surface area contributed by atoms with Gasteiger partial charge in [-0.25, -0.2) is 0 Å². The summed E-state index contributed by atoms with van der Waals surface area (Å²) in [6.45, 7) is 0.770. The van der Waals surface area contributed by atoms with Crippen LogP contribution in [0.4, 0.5) is 18.9 Å². The molecule has 5 heteroatoms. The molecule has 0 bridgehead atoms. The molecule has 1 heterocycles. The van der Waals surface area contributed by atoms with Gasteiger partial charge in [-0.05, 0) is 37.2 Å². The number of fused-ring (bicyclic) bond motifs is 1. The average molecular weight is 244 g/mol. The number of nitrogens with one attached hydrogen (secondary N) is 1. The number of halogens is 3. The summed E-state index contributed by atoms with van der Waals surface area (Å²) in [6.07, 6.45) is -3.59. The van der Waals surface area contributed by atoms with Crippen molar-refractivity contribution < 1.29 is 13.2 Å². The van der Waals surface area contributed by atoms with Crippen molar-refractivity contribution >= 4 is 5.69 Å². The molecule has 0 aliphatic carbocycles. The maximum absolute atomic E-state index is 12.6. The molecule has 1 unspecified atom stereocenters. The second-order valence-electron chi connectivity index (χ2n) is 4.37. The first kappa shape index (κ1) is 12.2. The maximum atomic E-state index is 12.6. The van der Waals surface area contributed by atoms with Gasteiger partial charge in [-0.15, -0.1) is 0 Å². The van der Waals surface area contributed by atoms with Crippen molar-refractivity contribution in [2.45, 2.75) is 18.6 Å². The molecule has 1 aromatic rings. The molecule has 0 aromatic heterocycles. The molecule has 2 rings (SSSR count). The summed E-state index contributed by atoms with van der Waals surface area (Å²) in [5.41, 5.74) is 1.12. The summed E-state index contributed by atoms with van der Waals surface area (Å²) < 4.78 is 37.7. The molecular weight excluding hydrogens is 229 g/mol. The summed E-state index contributed by atoms with van der Waals surface area (Å²) in [5.74, 6) is 0. The highest BCUT2D eigenvalue weighted by Gasteiger charge is 2.33. The molecule has 94 valence electrons. The van der Waals surface area contributed by atoms with Crippen LogP contribution in [0.5, 0.6) is 0 Å². The van der Waals surface area contributed by atoms with E-state index in [9.17, 15) is 13.2 Å². The van der Waals surface area contributed by atoms with Crippen molar-refractivity contribution in [2.24, 2.45) is 0 Å². The third-order valence-corrected chi connectivity index (χ3v) is 3.23. The topological polar surface area (TPSA) is 15.3 Å². The minimum atomic E-state index is -4.26. The molecule has 0 saturated heterocycles. The predicted octanol–water partition coefficient (Wildman–Crippen LogP) is 2.29. The molecule has 1 atom stereocenters. The number of benzene rings is 1. The Morgan fingerprint density at radius 2 is 2.12 bits per heavy atom. The largest absolute Gasteiger partial charge is 0.416 e. The van der Waals surface area contributed by atoms with Gasteiger partial charge < -0.3 is 10.2 Å². The van der Waals surface area contributed by atoms with E-state index in [0.717, 1.165) is 23.9 Å². The first-order valence-electron chi connectivity index (χ1n) is 5.51. The summed E-state index contributed by atoms with van der Waals surface area (Å²) in [6, 6.07) is 4.21. The summed E-state index contributed by atoms with van der Waals surface area (Å²) >= 11 is 0. The highest BCUT2D eigenvalue weighted by Crippen LogP contribution is 2.36. The molecule has 0 fully saturated rings. The lowest BCUT2D eigenvalue weighted by Gasteiger charge is -2.22. The molecule has 0 radical (unpaired) electrons. The highest BCUT2D eigenvalue weighted by molar-refractivity contribution is 5.60. The Balaban J connectivity index is 2.29. The lowest BCUT2D eigenvalue weighted by Crippen LogP contribution is -2.36. The molecule has 0 spiro atoms. The van der Waals surface area contributed by atoms with Gasteiger partial charge in [0.25, 0.3) is 0 Å². The van der Waals surface area contributed by atoms with Crippen LogP contribution in [-0.2, 0) is 12.6 Å². The van der Waals surface area contributed by atoms with E-state index in [0.29, 0.717) is 6.42 Å². The number of rotatable bonds is 2. The van der Waals surface area contributed by atoms with Crippen LogP contribution in [0.25, 0.3) is 0 Å². The quantitative estimate of drug-likeness (QED) is 0.858. The SMILES string of the molecule is CNCC1Cc2cc(C(F)(F)F)ccc2N1C. The van der Waals surface area contributed by atoms with Crippen molar-refractivity contribution in [1.82, 2.24) is 5.32 Å². The molecule has 2 nitrogen and oxygen atoms in total. The second-order valence-corrected chi connectivity index (χ2v) is 4.37. The van der Waals surface area contributed by atoms with Crippen molar-refractivity contribution in [3.63, 3.8) is 0 Å². The monoisotopic (exact) mass is 244 g/mol. The fourth-order valence-corrected chi connectivity index (χ4v) is 2.30. The van der Waals surface area contributed by atoms with Crippen LogP contribution in [0, 0.1) is 0 Å². The van der Waals surface area contributed by atoms with Crippen LogP contribution in [0.2, 0.25) is 0 Å². The van der Waals surface area contributed by atoms with Gasteiger partial charge >= 0.3 is 6.18 Å². The minimum absolute atomic E-state index is 0.235. The van der Waals surface area contributed by atoms with Crippen LogP contribution < -0.4 is 10.2 Å². The van der Waals surface area contributed by atoms with Crippen LogP contribution in [0.15, 0.2) is 18.2 Å². The molecule has 1 N–H and O–H groups in total. The lowest BCUT2D eigenvalue weighted by atomic mass is 10.1. The van der Waals surface area contributed by atoms with Gasteiger partial charge in [0.2, 0.25) is 0 Å². The number of likely N-dealkylation sites (N-methyl/N-ethyl adjacent to an activating group) is 2. The summed E-state index contributed by atoms with van der Waals surface area (Å²) in [7, 11) is 3.76. The third kappa shape index (κ3) is 2.24. The number of nitrogens with zero attached hydrogens (tertiary/aromatic N) is 1. The molecule has 17 heavy (non-hydrogen) atoms. The third-order valence-electron chi connectivity index (χ3n) is 3.23. The summed E-state index contributed by atoms with van der Waals surface area (Å²) in [5, 5.41) is 3.06. The Hall–Kier alpha value is -1.23. The van der Waals surface area contributed by atoms with Gasteiger partial charge in [0, 0.05) is 25.3 Å². The zero-order valence-corrected chi connectivity index (χ0v) is 9.80. The van der Waals surface area contributed by atoms with Gasteiger partial charge in [-0.3, -0.25) is 0 Å². The van der Waals surface area contributed by atoms with E-state index in [-0.39, 0.29) is 6.04 Å². The van der Waals surface area contributed by atoms with E-state index in [4.69, 9.17) is 0 Å². The normalized spacial score (nSPS) is 19.6. The first-order chi connectivity index (χ1) is 7.93. The molecule has 1 aliphatic heterocycles. The lowest BCUT2D eigenvalue weighted by molar-refractivity contribution is -0.137. The smallest absolute Gasteiger partial charge is 0.370 e. The van der Waals surface area contributed by atoms with Gasteiger partial charge in [-0.2, -0.15) is 13.2 Å². The zero-order valence-electron chi connectivity index (χ0n) is 9.80. The Labute approximate surface area is 98.4 Å². The Morgan fingerprint density at radius 3 is 2.71 bits per heavy atom. The van der Waals surface area contributed by atoms with Gasteiger partial charge in [0.05, 0.1) is 5.56 Å². The molecule has 0 saturated carbocycles. The number of alkyl halides is 3. The van der Waals surface area contributed by atoms with Crippen molar-refractivity contribution in [1.29, 1.82) is 0 Å². The fraction of sp³-hybridized carbons (Fsp3) is 0.500. The molecule has 1 aliphatic rings. The standard InChI is InChI=1S/C12H15F3N2/c1-16-7-10-6-8-5-9(12(13,14)15)3-4-11(8)17(10)2/h3-5,10,16H,6-7H2,1-2H3. The fourth-order valence-electron chi connectivity index (χ4n) is 2.30. The molecular formula is C12H15F3N2. The van der Waals surface area contributed by atoms with E-state index in [1.165, 1.54) is 6.07 Å². The van der Waals surface area contributed by atoms with E-state index < -0.39 is 11.7 Å². The van der Waals surface area contributed by atoms with E-state index in [1.54, 1.807) is 6.07 Å². The average Bonchev–Trinajstić information content (AvgIpc) is 2.55. The maximum Gasteiger partial charge on any atom is 0.416 e. The molecule has 1 aromatic carbocycles. The number of hydrogen-bond acceptors (Lipinski definition) is 2. The molecule has 0 amide bonds. The van der Waals surface area contributed by atoms with Crippen LogP contribution in [0.1, 0.15) is 11.1 Å². The summed E-state index contributed by atoms with van der Waals surface area (Å²) in [4.78, 5) is 2.03. The van der Waals surface area contributed by atoms with Crippen molar-refractivity contribution in [3.05, 3.63) is 29.3 Å². The Morgan fingerprint density at radius 1 is 1.41 bits per heavy atom. The van der Waals surface area contributed by atoms with Gasteiger partial charge in [0.15, 0.2) is 0 Å². The van der Waals surface area contributed by atoms with Crippen molar-refractivity contribution in [3.8, 4) is 0 Å². The number of hydrogen-bond donors (Lipinski definition) is 1. The highest BCUT2D eigenvalue weighted by atomic mass is 19.4. The van der Waals surface area contributed by atoms with Gasteiger partial charge in [0.1, 0.15) is 0 Å². The Bertz CT molecular complexity index is 415. The van der Waals surface area contributed by atoms with E-state index in [2.05, 4.69) is 5.32 Å². The zero-order chi connectivity index (χ0) is 12.6. The Kier molecular flexibility index (Phi) is 3.03.